The van der Waals surface area contributed by atoms with Gasteiger partial charge in [0, 0.05) is 24.9 Å². The summed E-state index contributed by atoms with van der Waals surface area (Å²) in [5.74, 6) is 1.55. The number of H-pyrrole nitrogens is 1. The minimum absolute atomic E-state index is 0.495. The maximum absolute atomic E-state index is 4.45. The number of piperidine rings is 1. The molecule has 88 valence electrons. The zero-order valence-electron chi connectivity index (χ0n) is 9.56. The normalized spacial score (nSPS) is 20.4. The highest BCUT2D eigenvalue weighted by Crippen LogP contribution is 2.22. The second kappa shape index (κ2) is 4.63. The average molecular weight is 229 g/mol. The highest BCUT2D eigenvalue weighted by molar-refractivity contribution is 5.51. The lowest BCUT2D eigenvalue weighted by Crippen LogP contribution is -2.28. The Labute approximate surface area is 99.7 Å². The number of nitrogens with zero attached hydrogens (tertiary/aromatic N) is 3. The molecule has 2 aromatic rings. The molecule has 1 fully saturated rings. The number of imidazole rings is 1. The van der Waals surface area contributed by atoms with E-state index in [4.69, 9.17) is 0 Å². The van der Waals surface area contributed by atoms with Crippen molar-refractivity contribution >= 4 is 0 Å². The van der Waals surface area contributed by atoms with Crippen molar-refractivity contribution < 1.29 is 0 Å². The lowest BCUT2D eigenvalue weighted by molar-refractivity contribution is 0.449. The van der Waals surface area contributed by atoms with Crippen molar-refractivity contribution in [3.05, 3.63) is 30.6 Å². The van der Waals surface area contributed by atoms with Crippen LogP contribution in [0.1, 0.15) is 24.6 Å². The van der Waals surface area contributed by atoms with Gasteiger partial charge in [-0.2, -0.15) is 0 Å². The van der Waals surface area contributed by atoms with E-state index in [0.717, 1.165) is 30.3 Å². The summed E-state index contributed by atoms with van der Waals surface area (Å²) >= 11 is 0. The van der Waals surface area contributed by atoms with E-state index < -0.39 is 0 Å². The van der Waals surface area contributed by atoms with Crippen LogP contribution in [-0.4, -0.2) is 33.0 Å². The first kappa shape index (κ1) is 10.4. The van der Waals surface area contributed by atoms with E-state index in [2.05, 4.69) is 25.3 Å². The average Bonchev–Trinajstić information content (AvgIpc) is 2.90. The summed E-state index contributed by atoms with van der Waals surface area (Å²) in [6.07, 6.45) is 9.36. The Hall–Kier alpha value is -1.75. The van der Waals surface area contributed by atoms with Crippen molar-refractivity contribution in [1.29, 1.82) is 0 Å². The molecule has 0 spiro atoms. The Kier molecular flexibility index (Phi) is 2.83. The number of nitrogens with one attached hydrogen (secondary N) is 2. The molecule has 0 aromatic carbocycles. The fourth-order valence-corrected chi connectivity index (χ4v) is 2.20. The van der Waals surface area contributed by atoms with Crippen LogP contribution in [0, 0.1) is 0 Å². The van der Waals surface area contributed by atoms with Crippen molar-refractivity contribution in [3.63, 3.8) is 0 Å². The van der Waals surface area contributed by atoms with Gasteiger partial charge in [0.2, 0.25) is 0 Å². The second-order valence-corrected chi connectivity index (χ2v) is 4.32. The summed E-state index contributed by atoms with van der Waals surface area (Å²) in [6, 6.07) is 0. The maximum Gasteiger partial charge on any atom is 0.110 e. The van der Waals surface area contributed by atoms with Crippen molar-refractivity contribution in [1.82, 2.24) is 25.3 Å². The molecule has 3 rings (SSSR count). The summed E-state index contributed by atoms with van der Waals surface area (Å²) in [4.78, 5) is 16.1. The third-order valence-corrected chi connectivity index (χ3v) is 3.12. The molecule has 5 nitrogen and oxygen atoms in total. The molecule has 2 N–H and O–H groups in total. The van der Waals surface area contributed by atoms with Gasteiger partial charge < -0.3 is 10.3 Å². The minimum atomic E-state index is 0.495. The third kappa shape index (κ3) is 2.19. The lowest BCUT2D eigenvalue weighted by Gasteiger charge is -2.20. The summed E-state index contributed by atoms with van der Waals surface area (Å²) in [5.41, 5.74) is 1.79. The first-order chi connectivity index (χ1) is 8.43. The van der Waals surface area contributed by atoms with Gasteiger partial charge in [0.15, 0.2) is 0 Å². The van der Waals surface area contributed by atoms with Gasteiger partial charge in [-0.25, -0.2) is 4.98 Å². The molecule has 1 atom stereocenters. The molecular weight excluding hydrogens is 214 g/mol. The first-order valence-electron chi connectivity index (χ1n) is 5.95. The van der Waals surface area contributed by atoms with Crippen LogP contribution in [0.4, 0.5) is 0 Å². The molecule has 0 amide bonds. The predicted octanol–water partition coefficient (Wildman–Crippen LogP) is 1.33. The SMILES string of the molecule is c1cnc(-c2cnc(C3CCCNC3)[nH]2)cn1. The second-order valence-electron chi connectivity index (χ2n) is 4.32. The van der Waals surface area contributed by atoms with E-state index >= 15 is 0 Å². The van der Waals surface area contributed by atoms with Gasteiger partial charge in [0.05, 0.1) is 18.1 Å². The van der Waals surface area contributed by atoms with Crippen LogP contribution in [0.15, 0.2) is 24.8 Å². The molecule has 3 heterocycles. The molecule has 1 aliphatic heterocycles. The van der Waals surface area contributed by atoms with Crippen molar-refractivity contribution in [2.24, 2.45) is 0 Å². The Morgan fingerprint density at radius 1 is 1.18 bits per heavy atom. The zero-order chi connectivity index (χ0) is 11.5. The Morgan fingerprint density at radius 3 is 2.94 bits per heavy atom. The van der Waals surface area contributed by atoms with E-state index in [0.29, 0.717) is 5.92 Å². The summed E-state index contributed by atoms with van der Waals surface area (Å²) in [6.45, 7) is 2.13. The van der Waals surface area contributed by atoms with E-state index in [1.807, 2.05) is 6.20 Å². The van der Waals surface area contributed by atoms with Gasteiger partial charge in [-0.1, -0.05) is 0 Å². The van der Waals surface area contributed by atoms with Gasteiger partial charge in [-0.15, -0.1) is 0 Å². The van der Waals surface area contributed by atoms with Crippen LogP contribution in [-0.2, 0) is 0 Å². The van der Waals surface area contributed by atoms with Gasteiger partial charge in [0.1, 0.15) is 11.5 Å². The van der Waals surface area contributed by atoms with Crippen molar-refractivity contribution in [2.45, 2.75) is 18.8 Å². The van der Waals surface area contributed by atoms with Gasteiger partial charge in [0.25, 0.3) is 0 Å². The van der Waals surface area contributed by atoms with E-state index in [9.17, 15) is 0 Å². The van der Waals surface area contributed by atoms with E-state index in [1.165, 1.54) is 12.8 Å². The van der Waals surface area contributed by atoms with Gasteiger partial charge in [-0.05, 0) is 19.4 Å². The minimum Gasteiger partial charge on any atom is -0.340 e. The first-order valence-corrected chi connectivity index (χ1v) is 5.95. The van der Waals surface area contributed by atoms with Crippen molar-refractivity contribution in [2.75, 3.05) is 13.1 Å². The number of aromatic amines is 1. The standard InChI is InChI=1S/C12H15N5/c1-2-9(6-13-3-1)12-16-8-11(17-12)10-7-14-4-5-15-10/h4-5,7-9,13H,1-3,6H2,(H,16,17). The molecule has 1 aliphatic rings. The Morgan fingerprint density at radius 2 is 2.18 bits per heavy atom. The van der Waals surface area contributed by atoms with Crippen LogP contribution >= 0.6 is 0 Å². The number of hydrogen-bond acceptors (Lipinski definition) is 4. The van der Waals surface area contributed by atoms with Crippen LogP contribution in [0.2, 0.25) is 0 Å². The Bertz CT molecular complexity index is 473. The monoisotopic (exact) mass is 229 g/mol. The van der Waals surface area contributed by atoms with Gasteiger partial charge >= 0.3 is 0 Å². The van der Waals surface area contributed by atoms with Crippen LogP contribution in [0.5, 0.6) is 0 Å². The summed E-state index contributed by atoms with van der Waals surface area (Å²) in [5, 5.41) is 3.39. The topological polar surface area (TPSA) is 66.5 Å². The molecule has 1 saturated heterocycles. The summed E-state index contributed by atoms with van der Waals surface area (Å²) in [7, 11) is 0. The smallest absolute Gasteiger partial charge is 0.110 e. The highest BCUT2D eigenvalue weighted by Gasteiger charge is 2.18. The number of aromatic nitrogens is 4. The molecule has 2 aromatic heterocycles. The maximum atomic E-state index is 4.45. The molecule has 5 heteroatoms. The van der Waals surface area contributed by atoms with E-state index in [1.54, 1.807) is 18.6 Å². The molecule has 1 unspecified atom stereocenters. The fraction of sp³-hybridized carbons (Fsp3) is 0.417. The fourth-order valence-electron chi connectivity index (χ4n) is 2.20. The molecule has 0 radical (unpaired) electrons. The van der Waals surface area contributed by atoms with E-state index in [-0.39, 0.29) is 0 Å². The summed E-state index contributed by atoms with van der Waals surface area (Å²) < 4.78 is 0. The molecular formula is C12H15N5. The zero-order valence-corrected chi connectivity index (χ0v) is 9.56. The van der Waals surface area contributed by atoms with Crippen LogP contribution in [0.3, 0.4) is 0 Å². The number of rotatable bonds is 2. The van der Waals surface area contributed by atoms with Gasteiger partial charge in [-0.3, -0.25) is 9.97 Å². The lowest BCUT2D eigenvalue weighted by atomic mass is 9.99. The molecule has 17 heavy (non-hydrogen) atoms. The van der Waals surface area contributed by atoms with Crippen LogP contribution < -0.4 is 5.32 Å². The quantitative estimate of drug-likeness (QED) is 0.815. The van der Waals surface area contributed by atoms with Crippen LogP contribution in [0.25, 0.3) is 11.4 Å². The number of hydrogen-bond donors (Lipinski definition) is 2. The predicted molar refractivity (Wildman–Crippen MR) is 64.5 cm³/mol. The molecule has 0 aliphatic carbocycles. The third-order valence-electron chi connectivity index (χ3n) is 3.12. The Balaban J connectivity index is 1.83. The molecule has 0 bridgehead atoms. The molecule has 0 saturated carbocycles. The largest absolute Gasteiger partial charge is 0.340 e. The highest BCUT2D eigenvalue weighted by atomic mass is 15.0. The van der Waals surface area contributed by atoms with Crippen molar-refractivity contribution in [3.8, 4) is 11.4 Å².